The molecule has 2 aromatic rings. The largest absolute Gasteiger partial charge is 0.355 e. The number of azo groups is 1. The van der Waals surface area contributed by atoms with Crippen molar-refractivity contribution in [3.63, 3.8) is 0 Å². The molecule has 2 aliphatic heterocycles. The van der Waals surface area contributed by atoms with Crippen LogP contribution in [-0.2, 0) is 9.59 Å². The van der Waals surface area contributed by atoms with Crippen LogP contribution in [0.25, 0.3) is 11.3 Å². The smallest absolute Gasteiger partial charge is 0.287 e. The predicted molar refractivity (Wildman–Crippen MR) is 109 cm³/mol. The fourth-order valence-electron chi connectivity index (χ4n) is 3.33. The van der Waals surface area contributed by atoms with Gasteiger partial charge in [-0.05, 0) is 49.1 Å². The van der Waals surface area contributed by atoms with Crippen LogP contribution in [0.1, 0.15) is 19.8 Å². The summed E-state index contributed by atoms with van der Waals surface area (Å²) in [5.74, 6) is 0.889. The van der Waals surface area contributed by atoms with E-state index >= 15 is 0 Å². The number of amides is 2. The highest BCUT2D eigenvalue weighted by atomic mass is 16.2. The molecular formula is C21H22N6O2. The molecule has 1 atom stereocenters. The molecule has 4 rings (SSSR count). The van der Waals surface area contributed by atoms with Crippen LogP contribution in [0.5, 0.6) is 0 Å². The number of nitrogens with zero attached hydrogens (tertiary/aromatic N) is 5. The second kappa shape index (κ2) is 8.30. The lowest BCUT2D eigenvalue weighted by atomic mass is 9.99. The fourth-order valence-corrected chi connectivity index (χ4v) is 3.33. The summed E-state index contributed by atoms with van der Waals surface area (Å²) in [5, 5.41) is 18.6. The van der Waals surface area contributed by atoms with E-state index in [1.54, 1.807) is 12.1 Å². The number of rotatable bonds is 4. The molecule has 1 fully saturated rings. The van der Waals surface area contributed by atoms with E-state index in [0.29, 0.717) is 5.69 Å². The average Bonchev–Trinajstić information content (AvgIpc) is 2.75. The number of benzene rings is 1. The Hall–Kier alpha value is -3.42. The number of aromatic nitrogens is 2. The molecule has 0 spiro atoms. The first-order chi connectivity index (χ1) is 14.1. The normalized spacial score (nSPS) is 19.4. The number of carbonyl (C=O) groups is 2. The Kier molecular flexibility index (Phi) is 5.41. The molecule has 3 heterocycles. The van der Waals surface area contributed by atoms with Gasteiger partial charge in [0.2, 0.25) is 0 Å². The van der Waals surface area contributed by atoms with Crippen LogP contribution in [0.15, 0.2) is 58.8 Å². The van der Waals surface area contributed by atoms with Gasteiger partial charge in [0.05, 0.1) is 5.69 Å². The van der Waals surface area contributed by atoms with Crippen LogP contribution in [-0.4, -0.2) is 41.1 Å². The SMILES string of the molecule is CC1CCN(c2ccc(-c3ccc(NC(=O)C4C=CC(=O)N=N4)cc3)nn2)CC1. The number of carbonyl (C=O) groups excluding carboxylic acids is 2. The van der Waals surface area contributed by atoms with Gasteiger partial charge >= 0.3 is 0 Å². The molecule has 29 heavy (non-hydrogen) atoms. The Morgan fingerprint density at radius 1 is 1.07 bits per heavy atom. The molecule has 1 aromatic heterocycles. The molecule has 0 bridgehead atoms. The zero-order chi connectivity index (χ0) is 20.2. The molecule has 2 amide bonds. The number of hydrogen-bond donors (Lipinski definition) is 1. The summed E-state index contributed by atoms with van der Waals surface area (Å²) < 4.78 is 0. The van der Waals surface area contributed by atoms with Crippen LogP contribution >= 0.6 is 0 Å². The summed E-state index contributed by atoms with van der Waals surface area (Å²) in [6, 6.07) is 10.5. The Morgan fingerprint density at radius 2 is 1.83 bits per heavy atom. The van der Waals surface area contributed by atoms with Crippen molar-refractivity contribution >= 4 is 23.3 Å². The summed E-state index contributed by atoms with van der Waals surface area (Å²) in [7, 11) is 0. The van der Waals surface area contributed by atoms with E-state index in [1.807, 2.05) is 24.3 Å². The highest BCUT2D eigenvalue weighted by Gasteiger charge is 2.19. The Bertz CT molecular complexity index is 928. The van der Waals surface area contributed by atoms with Crippen LogP contribution in [0.3, 0.4) is 0 Å². The zero-order valence-electron chi connectivity index (χ0n) is 16.2. The van der Waals surface area contributed by atoms with E-state index in [4.69, 9.17) is 0 Å². The first-order valence-corrected chi connectivity index (χ1v) is 9.71. The van der Waals surface area contributed by atoms with Gasteiger partial charge in [0.15, 0.2) is 11.9 Å². The molecule has 1 unspecified atom stereocenters. The molecule has 0 aliphatic carbocycles. The molecule has 2 aliphatic rings. The van der Waals surface area contributed by atoms with Gasteiger partial charge in [0, 0.05) is 30.4 Å². The topological polar surface area (TPSA) is 99.9 Å². The second-order valence-electron chi connectivity index (χ2n) is 7.37. The summed E-state index contributed by atoms with van der Waals surface area (Å²) in [6.07, 6.45) is 5.04. The van der Waals surface area contributed by atoms with Gasteiger partial charge in [-0.15, -0.1) is 15.3 Å². The van der Waals surface area contributed by atoms with Crippen LogP contribution in [0.4, 0.5) is 11.5 Å². The third-order valence-electron chi connectivity index (χ3n) is 5.18. The lowest BCUT2D eigenvalue weighted by molar-refractivity contribution is -0.117. The van der Waals surface area contributed by atoms with E-state index in [1.165, 1.54) is 25.0 Å². The second-order valence-corrected chi connectivity index (χ2v) is 7.37. The molecule has 1 saturated heterocycles. The van der Waals surface area contributed by atoms with Crippen molar-refractivity contribution in [2.75, 3.05) is 23.3 Å². The first kappa shape index (κ1) is 18.9. The third kappa shape index (κ3) is 4.53. The number of piperidine rings is 1. The molecule has 0 radical (unpaired) electrons. The van der Waals surface area contributed by atoms with Gasteiger partial charge in [0.1, 0.15) is 0 Å². The summed E-state index contributed by atoms with van der Waals surface area (Å²) in [5.41, 5.74) is 2.32. The fraction of sp³-hybridized carbons (Fsp3) is 0.333. The monoisotopic (exact) mass is 390 g/mol. The van der Waals surface area contributed by atoms with E-state index in [0.717, 1.165) is 36.1 Å². The summed E-state index contributed by atoms with van der Waals surface area (Å²) >= 11 is 0. The number of hydrogen-bond acceptors (Lipinski definition) is 6. The molecule has 1 N–H and O–H groups in total. The summed E-state index contributed by atoms with van der Waals surface area (Å²) in [4.78, 5) is 25.5. The minimum absolute atomic E-state index is 0.342. The van der Waals surface area contributed by atoms with E-state index < -0.39 is 11.9 Å². The quantitative estimate of drug-likeness (QED) is 0.864. The maximum Gasteiger partial charge on any atom is 0.287 e. The summed E-state index contributed by atoms with van der Waals surface area (Å²) in [6.45, 7) is 4.33. The predicted octanol–water partition coefficient (Wildman–Crippen LogP) is 3.24. The minimum atomic E-state index is -0.788. The molecule has 0 saturated carbocycles. The Balaban J connectivity index is 1.39. The molecular weight excluding hydrogens is 368 g/mol. The van der Waals surface area contributed by atoms with Crippen molar-refractivity contribution in [2.45, 2.75) is 25.8 Å². The van der Waals surface area contributed by atoms with E-state index in [2.05, 4.69) is 37.6 Å². The molecule has 148 valence electrons. The van der Waals surface area contributed by atoms with Crippen molar-refractivity contribution in [1.29, 1.82) is 0 Å². The standard InChI is InChI=1S/C21H22N6O2/c1-14-10-12-27(13-11-14)19-8-6-17(23-25-19)15-2-4-16(5-3-15)22-21(29)18-7-9-20(28)26-24-18/h2-9,14,18H,10-13H2,1H3,(H,22,29). The average molecular weight is 390 g/mol. The third-order valence-corrected chi connectivity index (χ3v) is 5.18. The van der Waals surface area contributed by atoms with Gasteiger partial charge in [-0.25, -0.2) is 0 Å². The van der Waals surface area contributed by atoms with Crippen LogP contribution in [0, 0.1) is 5.92 Å². The molecule has 1 aromatic carbocycles. The lowest BCUT2D eigenvalue weighted by Gasteiger charge is -2.30. The maximum absolute atomic E-state index is 12.2. The van der Waals surface area contributed by atoms with Crippen molar-refractivity contribution in [3.05, 3.63) is 48.6 Å². The van der Waals surface area contributed by atoms with Crippen LogP contribution < -0.4 is 10.2 Å². The lowest BCUT2D eigenvalue weighted by Crippen LogP contribution is -2.33. The van der Waals surface area contributed by atoms with E-state index in [-0.39, 0.29) is 5.91 Å². The number of anilines is 2. The van der Waals surface area contributed by atoms with Gasteiger partial charge in [-0.1, -0.05) is 19.1 Å². The van der Waals surface area contributed by atoms with Gasteiger partial charge in [-0.3, -0.25) is 9.59 Å². The van der Waals surface area contributed by atoms with E-state index in [9.17, 15) is 9.59 Å². The minimum Gasteiger partial charge on any atom is -0.355 e. The number of nitrogens with one attached hydrogen (secondary N) is 1. The zero-order valence-corrected chi connectivity index (χ0v) is 16.2. The molecule has 8 heteroatoms. The Labute approximate surface area is 168 Å². The van der Waals surface area contributed by atoms with Gasteiger partial charge in [0.25, 0.3) is 11.8 Å². The highest BCUT2D eigenvalue weighted by molar-refractivity contribution is 5.99. The molecule has 8 nitrogen and oxygen atoms in total. The van der Waals surface area contributed by atoms with Gasteiger partial charge in [-0.2, -0.15) is 5.11 Å². The first-order valence-electron chi connectivity index (χ1n) is 9.71. The van der Waals surface area contributed by atoms with Crippen LogP contribution in [0.2, 0.25) is 0 Å². The Morgan fingerprint density at radius 3 is 2.45 bits per heavy atom. The van der Waals surface area contributed by atoms with Crippen molar-refractivity contribution in [2.24, 2.45) is 16.1 Å². The highest BCUT2D eigenvalue weighted by Crippen LogP contribution is 2.24. The van der Waals surface area contributed by atoms with Gasteiger partial charge < -0.3 is 10.2 Å². The van der Waals surface area contributed by atoms with Crippen molar-refractivity contribution < 1.29 is 9.59 Å². The van der Waals surface area contributed by atoms with Crippen molar-refractivity contribution in [3.8, 4) is 11.3 Å². The maximum atomic E-state index is 12.2. The van der Waals surface area contributed by atoms with Crippen molar-refractivity contribution in [1.82, 2.24) is 10.2 Å².